The van der Waals surface area contributed by atoms with E-state index in [1.54, 1.807) is 24.3 Å². The highest BCUT2D eigenvalue weighted by molar-refractivity contribution is 6.52. The molecule has 24 heavy (non-hydrogen) atoms. The Morgan fingerprint density at radius 1 is 1.12 bits per heavy atom. The molecule has 6 heteroatoms. The average molecular weight is 327 g/mol. The minimum Gasteiger partial charge on any atom is -0.459 e. The third-order valence-corrected chi connectivity index (χ3v) is 3.84. The van der Waals surface area contributed by atoms with Gasteiger partial charge in [-0.1, -0.05) is 24.3 Å². The van der Waals surface area contributed by atoms with Crippen molar-refractivity contribution in [3.8, 4) is 0 Å². The number of hydrogen-bond acceptors (Lipinski definition) is 4. The van der Waals surface area contributed by atoms with E-state index in [2.05, 4.69) is 0 Å². The molecule has 0 N–H and O–H groups in total. The number of amides is 1. The maximum atomic E-state index is 12.9. The van der Waals surface area contributed by atoms with E-state index >= 15 is 0 Å². The van der Waals surface area contributed by atoms with Gasteiger partial charge in [0.2, 0.25) is 0 Å². The van der Waals surface area contributed by atoms with E-state index in [1.165, 1.54) is 31.2 Å². The van der Waals surface area contributed by atoms with E-state index in [4.69, 9.17) is 4.74 Å². The molecule has 0 spiro atoms. The third kappa shape index (κ3) is 2.78. The number of anilines is 1. The van der Waals surface area contributed by atoms with Crippen LogP contribution < -0.4 is 4.90 Å². The summed E-state index contributed by atoms with van der Waals surface area (Å²) >= 11 is 0. The Morgan fingerprint density at radius 3 is 2.50 bits per heavy atom. The molecular formula is C18H14FNO4. The van der Waals surface area contributed by atoms with E-state index in [0.717, 1.165) is 4.90 Å². The topological polar surface area (TPSA) is 63.7 Å². The summed E-state index contributed by atoms with van der Waals surface area (Å²) in [5.74, 6) is -2.40. The number of ketones is 1. The van der Waals surface area contributed by atoms with Crippen molar-refractivity contribution < 1.29 is 23.5 Å². The molecular weight excluding hydrogens is 313 g/mol. The first kappa shape index (κ1) is 15.9. The van der Waals surface area contributed by atoms with Gasteiger partial charge in [-0.2, -0.15) is 0 Å². The standard InChI is InChI=1S/C18H14FNO4/c1-11(18(23)24-10-12-6-8-13(19)9-7-12)20-15-5-3-2-4-14(15)16(21)17(20)22/h2-9,11H,10H2,1H3. The fourth-order valence-electron chi connectivity index (χ4n) is 2.56. The van der Waals surface area contributed by atoms with Gasteiger partial charge >= 0.3 is 5.97 Å². The van der Waals surface area contributed by atoms with Gasteiger partial charge in [0.15, 0.2) is 0 Å². The van der Waals surface area contributed by atoms with Gasteiger partial charge in [0.1, 0.15) is 18.5 Å². The van der Waals surface area contributed by atoms with Gasteiger partial charge in [0.05, 0.1) is 11.3 Å². The Kier molecular flexibility index (Phi) is 4.12. The number of ether oxygens (including phenoxy) is 1. The number of rotatable bonds is 4. The van der Waals surface area contributed by atoms with Crippen LogP contribution in [-0.2, 0) is 20.9 Å². The van der Waals surface area contributed by atoms with Crippen molar-refractivity contribution in [3.05, 3.63) is 65.5 Å². The van der Waals surface area contributed by atoms with Gasteiger partial charge in [-0.25, -0.2) is 9.18 Å². The van der Waals surface area contributed by atoms with Crippen molar-refractivity contribution in [1.29, 1.82) is 0 Å². The molecule has 0 aliphatic carbocycles. The summed E-state index contributed by atoms with van der Waals surface area (Å²) in [6.07, 6.45) is 0. The van der Waals surface area contributed by atoms with Crippen molar-refractivity contribution in [2.24, 2.45) is 0 Å². The number of esters is 1. The number of carbonyl (C=O) groups excluding carboxylic acids is 3. The molecule has 1 aliphatic heterocycles. The number of nitrogens with zero attached hydrogens (tertiary/aromatic N) is 1. The number of para-hydroxylation sites is 1. The largest absolute Gasteiger partial charge is 0.459 e. The summed E-state index contributed by atoms with van der Waals surface area (Å²) < 4.78 is 18.0. The summed E-state index contributed by atoms with van der Waals surface area (Å²) in [4.78, 5) is 37.5. The average Bonchev–Trinajstić information content (AvgIpc) is 2.85. The predicted molar refractivity (Wildman–Crippen MR) is 83.9 cm³/mol. The van der Waals surface area contributed by atoms with Gasteiger partial charge in [0.25, 0.3) is 11.7 Å². The third-order valence-electron chi connectivity index (χ3n) is 3.84. The highest BCUT2D eigenvalue weighted by atomic mass is 19.1. The van der Waals surface area contributed by atoms with Crippen LogP contribution in [0.4, 0.5) is 10.1 Å². The van der Waals surface area contributed by atoms with Crippen LogP contribution in [0.3, 0.4) is 0 Å². The quantitative estimate of drug-likeness (QED) is 0.639. The molecule has 1 atom stereocenters. The zero-order chi connectivity index (χ0) is 17.3. The summed E-state index contributed by atoms with van der Waals surface area (Å²) in [7, 11) is 0. The highest BCUT2D eigenvalue weighted by Gasteiger charge is 2.40. The number of Topliss-reactive ketones (excluding diaryl/α,β-unsaturated/α-hetero) is 1. The molecule has 2 aromatic carbocycles. The van der Waals surface area contributed by atoms with E-state index < -0.39 is 23.7 Å². The van der Waals surface area contributed by atoms with Crippen LogP contribution in [-0.4, -0.2) is 23.7 Å². The Morgan fingerprint density at radius 2 is 1.79 bits per heavy atom. The van der Waals surface area contributed by atoms with Gasteiger partial charge in [-0.05, 0) is 36.8 Å². The first-order valence-corrected chi connectivity index (χ1v) is 7.37. The lowest BCUT2D eigenvalue weighted by Crippen LogP contribution is -2.43. The number of halogens is 1. The Bertz CT molecular complexity index is 816. The summed E-state index contributed by atoms with van der Waals surface area (Å²) in [6.45, 7) is 1.46. The van der Waals surface area contributed by atoms with E-state index in [1.807, 2.05) is 0 Å². The molecule has 0 saturated carbocycles. The molecule has 0 saturated heterocycles. The lowest BCUT2D eigenvalue weighted by molar-refractivity contribution is -0.146. The Labute approximate surface area is 137 Å². The Balaban J connectivity index is 1.73. The SMILES string of the molecule is CC(C(=O)OCc1ccc(F)cc1)N1C(=O)C(=O)c2ccccc21. The molecule has 1 amide bonds. The number of benzene rings is 2. The molecule has 5 nitrogen and oxygen atoms in total. The maximum Gasteiger partial charge on any atom is 0.329 e. The lowest BCUT2D eigenvalue weighted by Gasteiger charge is -2.23. The molecule has 0 bridgehead atoms. The van der Waals surface area contributed by atoms with Crippen molar-refractivity contribution in [2.75, 3.05) is 4.90 Å². The van der Waals surface area contributed by atoms with Crippen LogP contribution in [0.5, 0.6) is 0 Å². The molecule has 1 aliphatic rings. The van der Waals surface area contributed by atoms with Crippen LogP contribution in [0, 0.1) is 5.82 Å². The van der Waals surface area contributed by atoms with Crippen molar-refractivity contribution >= 4 is 23.3 Å². The molecule has 122 valence electrons. The summed E-state index contributed by atoms with van der Waals surface area (Å²) in [5, 5.41) is 0. The van der Waals surface area contributed by atoms with E-state index in [-0.39, 0.29) is 18.0 Å². The minimum absolute atomic E-state index is 0.0406. The molecule has 3 rings (SSSR count). The molecule has 0 fully saturated rings. The van der Waals surface area contributed by atoms with Crippen molar-refractivity contribution in [3.63, 3.8) is 0 Å². The second-order valence-corrected chi connectivity index (χ2v) is 5.43. The Hall–Kier alpha value is -3.02. The monoisotopic (exact) mass is 327 g/mol. The molecule has 1 unspecified atom stereocenters. The van der Waals surface area contributed by atoms with Gasteiger partial charge in [-0.15, -0.1) is 0 Å². The van der Waals surface area contributed by atoms with Crippen molar-refractivity contribution in [2.45, 2.75) is 19.6 Å². The maximum absolute atomic E-state index is 12.9. The minimum atomic E-state index is -0.939. The number of hydrogen-bond donors (Lipinski definition) is 0. The van der Waals surface area contributed by atoms with Crippen LogP contribution >= 0.6 is 0 Å². The lowest BCUT2D eigenvalue weighted by atomic mass is 10.1. The second kappa shape index (κ2) is 6.23. The van der Waals surface area contributed by atoms with Crippen LogP contribution in [0.15, 0.2) is 48.5 Å². The molecule has 0 radical (unpaired) electrons. The summed E-state index contributed by atoms with van der Waals surface area (Å²) in [6, 6.07) is 11.1. The first-order chi connectivity index (χ1) is 11.5. The normalized spacial score (nSPS) is 14.5. The van der Waals surface area contributed by atoms with Crippen LogP contribution in [0.1, 0.15) is 22.8 Å². The molecule has 0 aromatic heterocycles. The van der Waals surface area contributed by atoms with Crippen molar-refractivity contribution in [1.82, 2.24) is 0 Å². The number of carbonyl (C=O) groups is 3. The molecule has 2 aromatic rings. The first-order valence-electron chi connectivity index (χ1n) is 7.37. The summed E-state index contributed by atoms with van der Waals surface area (Å²) in [5.41, 5.74) is 1.31. The zero-order valence-electron chi connectivity index (χ0n) is 12.9. The fraction of sp³-hybridized carbons (Fsp3) is 0.167. The highest BCUT2D eigenvalue weighted by Crippen LogP contribution is 2.30. The molecule has 1 heterocycles. The smallest absolute Gasteiger partial charge is 0.329 e. The zero-order valence-corrected chi connectivity index (χ0v) is 12.9. The van der Waals surface area contributed by atoms with E-state index in [9.17, 15) is 18.8 Å². The number of fused-ring (bicyclic) bond motifs is 1. The van der Waals surface area contributed by atoms with Gasteiger partial charge in [-0.3, -0.25) is 14.5 Å². The van der Waals surface area contributed by atoms with Crippen LogP contribution in [0.25, 0.3) is 0 Å². The van der Waals surface area contributed by atoms with Gasteiger partial charge < -0.3 is 4.74 Å². The second-order valence-electron chi connectivity index (χ2n) is 5.43. The van der Waals surface area contributed by atoms with Crippen LogP contribution in [0.2, 0.25) is 0 Å². The van der Waals surface area contributed by atoms with E-state index in [0.29, 0.717) is 11.3 Å². The fourth-order valence-corrected chi connectivity index (χ4v) is 2.56. The predicted octanol–water partition coefficient (Wildman–Crippen LogP) is 2.49. The van der Waals surface area contributed by atoms with Gasteiger partial charge in [0, 0.05) is 0 Å².